The number of furan rings is 1. The molecule has 1 aliphatic carbocycles. The summed E-state index contributed by atoms with van der Waals surface area (Å²) in [5.41, 5.74) is 7.69. The Morgan fingerprint density at radius 2 is 2.25 bits per heavy atom. The molecule has 1 unspecified atom stereocenters. The highest BCUT2D eigenvalue weighted by Crippen LogP contribution is 2.55. The summed E-state index contributed by atoms with van der Waals surface area (Å²) in [5, 5.41) is 0. The summed E-state index contributed by atoms with van der Waals surface area (Å²) in [6.45, 7) is 6.23. The van der Waals surface area contributed by atoms with E-state index in [9.17, 15) is 0 Å². The molecule has 0 radical (unpaired) electrons. The fraction of sp³-hybridized carbons (Fsp3) is 0.692. The lowest BCUT2D eigenvalue weighted by atomic mass is 9.82. The second kappa shape index (κ2) is 3.90. The number of hydrogen-bond donors (Lipinski definition) is 1. The number of nitrogens with zero attached hydrogens (tertiary/aromatic N) is 1. The van der Waals surface area contributed by atoms with Crippen LogP contribution in [0.2, 0.25) is 0 Å². The molecule has 0 aliphatic heterocycles. The Bertz CT molecular complexity index is 343. The first-order valence-electron chi connectivity index (χ1n) is 5.94. The summed E-state index contributed by atoms with van der Waals surface area (Å²) in [5.74, 6) is 0. The molecule has 2 N–H and O–H groups in total. The summed E-state index contributed by atoms with van der Waals surface area (Å²) in [6, 6.07) is 2.02. The van der Waals surface area contributed by atoms with Crippen molar-refractivity contribution in [1.29, 1.82) is 0 Å². The van der Waals surface area contributed by atoms with Crippen molar-refractivity contribution >= 4 is 0 Å². The van der Waals surface area contributed by atoms with Crippen LogP contribution in [0.4, 0.5) is 0 Å². The van der Waals surface area contributed by atoms with Gasteiger partial charge in [0.15, 0.2) is 0 Å². The first-order valence-corrected chi connectivity index (χ1v) is 5.94. The van der Waals surface area contributed by atoms with E-state index in [1.807, 2.05) is 12.3 Å². The molecule has 0 aromatic carbocycles. The highest BCUT2D eigenvalue weighted by atomic mass is 16.3. The van der Waals surface area contributed by atoms with Crippen LogP contribution in [-0.4, -0.2) is 24.0 Å². The van der Waals surface area contributed by atoms with Crippen LogP contribution in [0.25, 0.3) is 0 Å². The second-order valence-electron chi connectivity index (χ2n) is 5.53. The van der Waals surface area contributed by atoms with Gasteiger partial charge in [0.05, 0.1) is 12.5 Å². The molecule has 1 aromatic rings. The van der Waals surface area contributed by atoms with Gasteiger partial charge in [-0.3, -0.25) is 4.90 Å². The monoisotopic (exact) mass is 222 g/mol. The van der Waals surface area contributed by atoms with Gasteiger partial charge >= 0.3 is 0 Å². The highest BCUT2D eigenvalue weighted by molar-refractivity contribution is 5.12. The van der Waals surface area contributed by atoms with Crippen molar-refractivity contribution in [2.45, 2.75) is 38.8 Å². The van der Waals surface area contributed by atoms with Gasteiger partial charge in [0.1, 0.15) is 0 Å². The number of likely N-dealkylation sites (N-methyl/N-ethyl adjacent to an activating group) is 1. The lowest BCUT2D eigenvalue weighted by Gasteiger charge is -2.43. The zero-order chi connectivity index (χ0) is 11.8. The maximum absolute atomic E-state index is 6.00. The molecule has 3 heteroatoms. The van der Waals surface area contributed by atoms with Gasteiger partial charge in [0.25, 0.3) is 0 Å². The van der Waals surface area contributed by atoms with Crippen molar-refractivity contribution in [3.63, 3.8) is 0 Å². The van der Waals surface area contributed by atoms with Crippen LogP contribution in [0, 0.1) is 5.41 Å². The van der Waals surface area contributed by atoms with Crippen molar-refractivity contribution in [2.75, 3.05) is 13.6 Å². The Morgan fingerprint density at radius 1 is 1.56 bits per heavy atom. The van der Waals surface area contributed by atoms with Crippen LogP contribution in [0.3, 0.4) is 0 Å². The highest BCUT2D eigenvalue weighted by Gasteiger charge is 2.54. The van der Waals surface area contributed by atoms with E-state index in [1.54, 1.807) is 6.26 Å². The first kappa shape index (κ1) is 11.7. The summed E-state index contributed by atoms with van der Waals surface area (Å²) in [4.78, 5) is 2.37. The summed E-state index contributed by atoms with van der Waals surface area (Å²) >= 11 is 0. The van der Waals surface area contributed by atoms with Crippen LogP contribution in [0.5, 0.6) is 0 Å². The molecular formula is C13H22N2O. The van der Waals surface area contributed by atoms with Gasteiger partial charge in [-0.15, -0.1) is 0 Å². The maximum atomic E-state index is 6.00. The van der Waals surface area contributed by atoms with E-state index in [1.165, 1.54) is 18.4 Å². The van der Waals surface area contributed by atoms with Crippen LogP contribution in [0.1, 0.15) is 32.3 Å². The van der Waals surface area contributed by atoms with E-state index in [4.69, 9.17) is 10.2 Å². The standard InChI is InChI=1S/C13H22N2O/c1-12(5-6-12)13(2,10-14)15(3)8-11-4-7-16-9-11/h4,7,9H,5-6,8,10,14H2,1-3H3. The molecule has 16 heavy (non-hydrogen) atoms. The molecule has 0 saturated heterocycles. The molecule has 1 atom stereocenters. The van der Waals surface area contributed by atoms with Crippen molar-refractivity contribution in [3.8, 4) is 0 Å². The van der Waals surface area contributed by atoms with E-state index >= 15 is 0 Å². The van der Waals surface area contributed by atoms with Crippen molar-refractivity contribution in [2.24, 2.45) is 11.1 Å². The van der Waals surface area contributed by atoms with E-state index in [2.05, 4.69) is 25.8 Å². The summed E-state index contributed by atoms with van der Waals surface area (Å²) in [7, 11) is 2.16. The minimum atomic E-state index is 0.0876. The Labute approximate surface area is 97.6 Å². The lowest BCUT2D eigenvalue weighted by Crippen LogP contribution is -2.54. The van der Waals surface area contributed by atoms with Crippen LogP contribution < -0.4 is 5.73 Å². The van der Waals surface area contributed by atoms with E-state index < -0.39 is 0 Å². The maximum Gasteiger partial charge on any atom is 0.0947 e. The van der Waals surface area contributed by atoms with Gasteiger partial charge in [-0.05, 0) is 38.3 Å². The Balaban J connectivity index is 2.09. The molecule has 2 rings (SSSR count). The average molecular weight is 222 g/mol. The lowest BCUT2D eigenvalue weighted by molar-refractivity contribution is 0.0658. The Morgan fingerprint density at radius 3 is 2.69 bits per heavy atom. The molecule has 1 fully saturated rings. The smallest absolute Gasteiger partial charge is 0.0947 e. The molecule has 0 spiro atoms. The third kappa shape index (κ3) is 1.78. The van der Waals surface area contributed by atoms with Crippen molar-refractivity contribution in [3.05, 3.63) is 24.2 Å². The molecule has 1 aliphatic rings. The van der Waals surface area contributed by atoms with Crippen LogP contribution in [0.15, 0.2) is 23.0 Å². The van der Waals surface area contributed by atoms with Gasteiger partial charge in [0.2, 0.25) is 0 Å². The molecule has 1 saturated carbocycles. The van der Waals surface area contributed by atoms with E-state index in [0.29, 0.717) is 12.0 Å². The molecule has 0 amide bonds. The van der Waals surface area contributed by atoms with Gasteiger partial charge in [0, 0.05) is 24.2 Å². The first-order chi connectivity index (χ1) is 7.52. The third-order valence-corrected chi connectivity index (χ3v) is 4.54. The van der Waals surface area contributed by atoms with Gasteiger partial charge in [-0.25, -0.2) is 0 Å². The topological polar surface area (TPSA) is 42.4 Å². The SMILES string of the molecule is CN(Cc1ccoc1)C(C)(CN)C1(C)CC1. The van der Waals surface area contributed by atoms with Crippen LogP contribution >= 0.6 is 0 Å². The predicted octanol–water partition coefficient (Wildman–Crippen LogP) is 2.23. The van der Waals surface area contributed by atoms with Gasteiger partial charge in [-0.2, -0.15) is 0 Å². The number of hydrogen-bond acceptors (Lipinski definition) is 3. The van der Waals surface area contributed by atoms with Crippen molar-refractivity contribution in [1.82, 2.24) is 4.90 Å². The van der Waals surface area contributed by atoms with Crippen molar-refractivity contribution < 1.29 is 4.42 Å². The fourth-order valence-corrected chi connectivity index (χ4v) is 2.42. The second-order valence-corrected chi connectivity index (χ2v) is 5.53. The van der Waals surface area contributed by atoms with Gasteiger partial charge in [-0.1, -0.05) is 6.92 Å². The molecule has 90 valence electrons. The van der Waals surface area contributed by atoms with E-state index in [0.717, 1.165) is 6.54 Å². The molecule has 0 bridgehead atoms. The molecular weight excluding hydrogens is 200 g/mol. The molecule has 1 aromatic heterocycles. The quantitative estimate of drug-likeness (QED) is 0.830. The number of nitrogens with two attached hydrogens (primary N) is 1. The normalized spacial score (nSPS) is 22.1. The number of rotatable bonds is 5. The third-order valence-electron chi connectivity index (χ3n) is 4.54. The Kier molecular flexibility index (Phi) is 2.84. The zero-order valence-corrected chi connectivity index (χ0v) is 10.5. The minimum absolute atomic E-state index is 0.0876. The van der Waals surface area contributed by atoms with Gasteiger partial charge < -0.3 is 10.2 Å². The van der Waals surface area contributed by atoms with Crippen LogP contribution in [-0.2, 0) is 6.54 Å². The molecule has 1 heterocycles. The zero-order valence-electron chi connectivity index (χ0n) is 10.5. The largest absolute Gasteiger partial charge is 0.472 e. The predicted molar refractivity (Wildman–Crippen MR) is 65.0 cm³/mol. The van der Waals surface area contributed by atoms with E-state index in [-0.39, 0.29) is 5.54 Å². The Hall–Kier alpha value is -0.800. The summed E-state index contributed by atoms with van der Waals surface area (Å²) in [6.07, 6.45) is 6.11. The fourth-order valence-electron chi connectivity index (χ4n) is 2.42. The molecule has 3 nitrogen and oxygen atoms in total. The summed E-state index contributed by atoms with van der Waals surface area (Å²) < 4.78 is 5.11. The minimum Gasteiger partial charge on any atom is -0.472 e. The average Bonchev–Trinajstić information content (AvgIpc) is 2.81.